The predicted molar refractivity (Wildman–Crippen MR) is 89.3 cm³/mol. The summed E-state index contributed by atoms with van der Waals surface area (Å²) in [6, 6.07) is 6.27. The van der Waals surface area contributed by atoms with Gasteiger partial charge in [0.05, 0.1) is 16.4 Å². The second-order valence-electron chi connectivity index (χ2n) is 5.27. The molecule has 1 N–H and O–H groups in total. The summed E-state index contributed by atoms with van der Waals surface area (Å²) in [5, 5.41) is 9.35. The van der Waals surface area contributed by atoms with Crippen LogP contribution in [-0.2, 0) is 13.0 Å². The molecule has 114 valence electrons. The van der Waals surface area contributed by atoms with Crippen molar-refractivity contribution in [3.05, 3.63) is 50.8 Å². The molecule has 0 aliphatic heterocycles. The molecule has 3 nitrogen and oxygen atoms in total. The van der Waals surface area contributed by atoms with Crippen LogP contribution in [0.3, 0.4) is 0 Å². The van der Waals surface area contributed by atoms with Gasteiger partial charge in [0.15, 0.2) is 0 Å². The molecule has 0 saturated carbocycles. The van der Waals surface area contributed by atoms with E-state index in [0.717, 1.165) is 40.0 Å². The normalized spacial score (nSPS) is 12.7. The minimum Gasteiger partial charge on any atom is -0.313 e. The Balaban J connectivity index is 2.35. The molecule has 0 fully saturated rings. The monoisotopic (exact) mass is 325 g/mol. The predicted octanol–water partition coefficient (Wildman–Crippen LogP) is 4.33. The van der Waals surface area contributed by atoms with Crippen LogP contribution in [0, 0.1) is 13.8 Å². The van der Waals surface area contributed by atoms with Crippen LogP contribution in [0.15, 0.2) is 18.2 Å². The second-order valence-corrected chi connectivity index (χ2v) is 6.08. The summed E-state index contributed by atoms with van der Waals surface area (Å²) >= 11 is 12.6. The number of hydrogen-bond acceptors (Lipinski definition) is 2. The lowest BCUT2D eigenvalue weighted by atomic mass is 10.00. The standard InChI is InChI=1S/C16H21Cl2N3/c1-5-21-15(16(18)11(3)20-21)9-14(19-4)12-6-10(2)7-13(17)8-12/h6-8,14,19H,5,9H2,1-4H3. The molecule has 1 aromatic heterocycles. The highest BCUT2D eigenvalue weighted by molar-refractivity contribution is 6.32. The average Bonchev–Trinajstić information content (AvgIpc) is 2.70. The van der Waals surface area contributed by atoms with Gasteiger partial charge in [-0.1, -0.05) is 29.3 Å². The van der Waals surface area contributed by atoms with Crippen LogP contribution in [0.25, 0.3) is 0 Å². The van der Waals surface area contributed by atoms with Crippen molar-refractivity contribution in [2.24, 2.45) is 0 Å². The van der Waals surface area contributed by atoms with E-state index in [4.69, 9.17) is 23.2 Å². The molecule has 0 radical (unpaired) electrons. The second kappa shape index (κ2) is 6.82. The molecular weight excluding hydrogens is 305 g/mol. The van der Waals surface area contributed by atoms with Gasteiger partial charge in [0.2, 0.25) is 0 Å². The van der Waals surface area contributed by atoms with Crippen molar-refractivity contribution in [3.63, 3.8) is 0 Å². The number of benzene rings is 1. The maximum Gasteiger partial charge on any atom is 0.0847 e. The van der Waals surface area contributed by atoms with Gasteiger partial charge in [-0.05, 0) is 51.1 Å². The Morgan fingerprint density at radius 1 is 1.24 bits per heavy atom. The topological polar surface area (TPSA) is 29.9 Å². The molecule has 0 amide bonds. The average molecular weight is 326 g/mol. The zero-order valence-electron chi connectivity index (χ0n) is 12.9. The van der Waals surface area contributed by atoms with Crippen molar-refractivity contribution in [1.82, 2.24) is 15.1 Å². The number of nitrogens with zero attached hydrogens (tertiary/aromatic N) is 2. The van der Waals surface area contributed by atoms with Gasteiger partial charge in [-0.2, -0.15) is 5.10 Å². The van der Waals surface area contributed by atoms with E-state index >= 15 is 0 Å². The summed E-state index contributed by atoms with van der Waals surface area (Å²) < 4.78 is 1.97. The SMILES string of the molecule is CCn1nc(C)c(Cl)c1CC(NC)c1cc(C)cc(Cl)c1. The quantitative estimate of drug-likeness (QED) is 0.886. The first kappa shape index (κ1) is 16.3. The minimum atomic E-state index is 0.154. The Bertz CT molecular complexity index is 614. The van der Waals surface area contributed by atoms with Crippen LogP contribution < -0.4 is 5.32 Å². The Labute approximate surface area is 136 Å². The molecule has 1 atom stereocenters. The summed E-state index contributed by atoms with van der Waals surface area (Å²) in [6.45, 7) is 6.88. The fraction of sp³-hybridized carbons (Fsp3) is 0.438. The van der Waals surface area contributed by atoms with Gasteiger partial charge in [-0.15, -0.1) is 0 Å². The molecule has 0 saturated heterocycles. The van der Waals surface area contributed by atoms with E-state index < -0.39 is 0 Å². The molecule has 1 unspecified atom stereocenters. The lowest BCUT2D eigenvalue weighted by Gasteiger charge is -2.18. The summed E-state index contributed by atoms with van der Waals surface area (Å²) in [5.41, 5.74) is 4.27. The molecule has 2 aromatic rings. The molecule has 1 aromatic carbocycles. The largest absolute Gasteiger partial charge is 0.313 e. The smallest absolute Gasteiger partial charge is 0.0847 e. The molecule has 0 aliphatic rings. The first-order valence-electron chi connectivity index (χ1n) is 7.12. The zero-order chi connectivity index (χ0) is 15.6. The minimum absolute atomic E-state index is 0.154. The van der Waals surface area contributed by atoms with Crippen molar-refractivity contribution in [1.29, 1.82) is 0 Å². The molecule has 0 bridgehead atoms. The maximum atomic E-state index is 6.41. The summed E-state index contributed by atoms with van der Waals surface area (Å²) in [5.74, 6) is 0. The Hall–Kier alpha value is -1.03. The number of aryl methyl sites for hydroxylation is 3. The molecule has 21 heavy (non-hydrogen) atoms. The van der Waals surface area contributed by atoms with Crippen LogP contribution in [0.4, 0.5) is 0 Å². The highest BCUT2D eigenvalue weighted by Gasteiger charge is 2.18. The van der Waals surface area contributed by atoms with E-state index in [1.165, 1.54) is 5.56 Å². The first-order valence-corrected chi connectivity index (χ1v) is 7.88. The number of nitrogens with one attached hydrogen (secondary N) is 1. The van der Waals surface area contributed by atoms with E-state index in [2.05, 4.69) is 30.3 Å². The molecule has 5 heteroatoms. The van der Waals surface area contributed by atoms with Crippen LogP contribution in [0.1, 0.15) is 35.5 Å². The van der Waals surface area contributed by atoms with E-state index in [9.17, 15) is 0 Å². The molecular formula is C16H21Cl2N3. The molecule has 2 rings (SSSR count). The lowest BCUT2D eigenvalue weighted by Crippen LogP contribution is -2.21. The number of likely N-dealkylation sites (N-methyl/N-ethyl adjacent to an activating group) is 1. The van der Waals surface area contributed by atoms with Crippen molar-refractivity contribution in [2.45, 2.75) is 39.8 Å². The highest BCUT2D eigenvalue weighted by atomic mass is 35.5. The van der Waals surface area contributed by atoms with Gasteiger partial charge < -0.3 is 5.32 Å². The lowest BCUT2D eigenvalue weighted by molar-refractivity contribution is 0.541. The number of hydrogen-bond donors (Lipinski definition) is 1. The Morgan fingerprint density at radius 2 is 1.95 bits per heavy atom. The third-order valence-corrected chi connectivity index (χ3v) is 4.38. The van der Waals surface area contributed by atoms with E-state index in [0.29, 0.717) is 0 Å². The number of rotatable bonds is 5. The van der Waals surface area contributed by atoms with Crippen LogP contribution >= 0.6 is 23.2 Å². The van der Waals surface area contributed by atoms with Crippen molar-refractivity contribution in [3.8, 4) is 0 Å². The zero-order valence-corrected chi connectivity index (χ0v) is 14.4. The van der Waals surface area contributed by atoms with E-state index in [1.807, 2.05) is 30.8 Å². The van der Waals surface area contributed by atoms with E-state index in [1.54, 1.807) is 0 Å². The molecule has 1 heterocycles. The van der Waals surface area contributed by atoms with Crippen LogP contribution in [0.5, 0.6) is 0 Å². The molecule has 0 spiro atoms. The van der Waals surface area contributed by atoms with Gasteiger partial charge in [0, 0.05) is 24.0 Å². The Kier molecular flexibility index (Phi) is 5.31. The Morgan fingerprint density at radius 3 is 2.52 bits per heavy atom. The summed E-state index contributed by atoms with van der Waals surface area (Å²) in [4.78, 5) is 0. The third-order valence-electron chi connectivity index (χ3n) is 3.67. The fourth-order valence-electron chi connectivity index (χ4n) is 2.61. The van der Waals surface area contributed by atoms with Gasteiger partial charge in [0.25, 0.3) is 0 Å². The molecule has 0 aliphatic carbocycles. The first-order chi connectivity index (χ1) is 9.96. The van der Waals surface area contributed by atoms with Gasteiger partial charge >= 0.3 is 0 Å². The number of aromatic nitrogens is 2. The third kappa shape index (κ3) is 3.60. The van der Waals surface area contributed by atoms with E-state index in [-0.39, 0.29) is 6.04 Å². The highest BCUT2D eigenvalue weighted by Crippen LogP contribution is 2.28. The van der Waals surface area contributed by atoms with Crippen LogP contribution in [-0.4, -0.2) is 16.8 Å². The van der Waals surface area contributed by atoms with Gasteiger partial charge in [-0.25, -0.2) is 0 Å². The van der Waals surface area contributed by atoms with Crippen molar-refractivity contribution in [2.75, 3.05) is 7.05 Å². The van der Waals surface area contributed by atoms with Crippen molar-refractivity contribution < 1.29 is 0 Å². The summed E-state index contributed by atoms with van der Waals surface area (Å²) in [7, 11) is 1.95. The van der Waals surface area contributed by atoms with Gasteiger partial charge in [0.1, 0.15) is 0 Å². The summed E-state index contributed by atoms with van der Waals surface area (Å²) in [6.07, 6.45) is 0.782. The van der Waals surface area contributed by atoms with Gasteiger partial charge in [-0.3, -0.25) is 4.68 Å². The van der Waals surface area contributed by atoms with Crippen LogP contribution in [0.2, 0.25) is 10.0 Å². The van der Waals surface area contributed by atoms with Crippen molar-refractivity contribution >= 4 is 23.2 Å². The number of halogens is 2. The fourth-order valence-corrected chi connectivity index (χ4v) is 3.12. The maximum absolute atomic E-state index is 6.41.